The van der Waals surface area contributed by atoms with Gasteiger partial charge in [0.1, 0.15) is 0 Å². The van der Waals surface area contributed by atoms with Crippen molar-refractivity contribution in [1.82, 2.24) is 14.8 Å². The van der Waals surface area contributed by atoms with Crippen LogP contribution in [-0.4, -0.2) is 14.8 Å². The summed E-state index contributed by atoms with van der Waals surface area (Å²) in [5.41, 5.74) is 0.258. The highest BCUT2D eigenvalue weighted by molar-refractivity contribution is 5.27. The maximum atomic E-state index is 12.5. The molecule has 0 aromatic carbocycles. The lowest BCUT2D eigenvalue weighted by Gasteiger charge is -2.07. The van der Waals surface area contributed by atoms with E-state index in [1.54, 1.807) is 6.20 Å². The molecule has 1 aliphatic carbocycles. The Balaban J connectivity index is 1.82. The average molecular weight is 281 g/mol. The molecule has 0 saturated heterocycles. The molecule has 0 N–H and O–H groups in total. The average Bonchev–Trinajstić information content (AvgIpc) is 3.09. The van der Waals surface area contributed by atoms with Crippen LogP contribution in [0.4, 0.5) is 13.2 Å². The summed E-state index contributed by atoms with van der Waals surface area (Å²) >= 11 is 0. The number of alkyl halides is 3. The lowest BCUT2D eigenvalue weighted by molar-refractivity contribution is -0.137. The van der Waals surface area contributed by atoms with E-state index in [1.807, 2.05) is 6.07 Å². The SMILES string of the molecule is FC(F)(F)c1ccc(-n2ccc(C3CCCC3)n2)nc1. The topological polar surface area (TPSA) is 30.7 Å². The molecule has 0 atom stereocenters. The van der Waals surface area contributed by atoms with Gasteiger partial charge in [0.15, 0.2) is 5.82 Å². The molecule has 2 aromatic heterocycles. The first-order chi connectivity index (χ1) is 9.54. The molecule has 3 nitrogen and oxygen atoms in total. The summed E-state index contributed by atoms with van der Waals surface area (Å²) < 4.78 is 38.9. The van der Waals surface area contributed by atoms with Crippen LogP contribution in [0.15, 0.2) is 30.6 Å². The molecular formula is C14H14F3N3. The number of pyridine rings is 1. The number of hydrogen-bond donors (Lipinski definition) is 0. The van der Waals surface area contributed by atoms with Gasteiger partial charge in [-0.15, -0.1) is 0 Å². The largest absolute Gasteiger partial charge is 0.417 e. The Morgan fingerprint density at radius 2 is 1.85 bits per heavy atom. The van der Waals surface area contributed by atoms with E-state index in [0.29, 0.717) is 11.7 Å². The van der Waals surface area contributed by atoms with Crippen molar-refractivity contribution in [2.45, 2.75) is 37.8 Å². The minimum absolute atomic E-state index is 0.405. The fourth-order valence-electron chi connectivity index (χ4n) is 2.59. The van der Waals surface area contributed by atoms with Gasteiger partial charge in [0.25, 0.3) is 0 Å². The normalized spacial score (nSPS) is 16.8. The summed E-state index contributed by atoms with van der Waals surface area (Å²) in [6, 6.07) is 4.29. The van der Waals surface area contributed by atoms with Crippen LogP contribution in [-0.2, 0) is 6.18 Å². The second kappa shape index (κ2) is 4.92. The highest BCUT2D eigenvalue weighted by atomic mass is 19.4. The zero-order valence-electron chi connectivity index (χ0n) is 10.8. The number of aromatic nitrogens is 3. The van der Waals surface area contributed by atoms with Gasteiger partial charge in [0, 0.05) is 18.3 Å². The summed E-state index contributed by atoms with van der Waals surface area (Å²) in [4.78, 5) is 3.84. The van der Waals surface area contributed by atoms with Crippen molar-refractivity contribution >= 4 is 0 Å². The number of hydrogen-bond acceptors (Lipinski definition) is 2. The number of rotatable bonds is 2. The Morgan fingerprint density at radius 1 is 1.10 bits per heavy atom. The third kappa shape index (κ3) is 2.55. The Labute approximate surface area is 114 Å². The predicted molar refractivity (Wildman–Crippen MR) is 67.6 cm³/mol. The van der Waals surface area contributed by atoms with Crippen LogP contribution < -0.4 is 0 Å². The van der Waals surface area contributed by atoms with Crippen molar-refractivity contribution in [3.8, 4) is 5.82 Å². The van der Waals surface area contributed by atoms with E-state index in [-0.39, 0.29) is 0 Å². The van der Waals surface area contributed by atoms with Crippen LogP contribution in [0.3, 0.4) is 0 Å². The van der Waals surface area contributed by atoms with Gasteiger partial charge in [-0.1, -0.05) is 12.8 Å². The van der Waals surface area contributed by atoms with Crippen LogP contribution in [0.1, 0.15) is 42.9 Å². The molecule has 0 amide bonds. The van der Waals surface area contributed by atoms with Gasteiger partial charge in [0.05, 0.1) is 11.3 Å². The second-order valence-electron chi connectivity index (χ2n) is 5.07. The van der Waals surface area contributed by atoms with E-state index < -0.39 is 11.7 Å². The molecular weight excluding hydrogens is 267 g/mol. The molecule has 20 heavy (non-hydrogen) atoms. The fourth-order valence-corrected chi connectivity index (χ4v) is 2.59. The highest BCUT2D eigenvalue weighted by Gasteiger charge is 2.30. The molecule has 0 bridgehead atoms. The first kappa shape index (κ1) is 13.1. The minimum Gasteiger partial charge on any atom is -0.237 e. The van der Waals surface area contributed by atoms with Crippen molar-refractivity contribution in [2.24, 2.45) is 0 Å². The van der Waals surface area contributed by atoms with Crippen molar-refractivity contribution in [1.29, 1.82) is 0 Å². The summed E-state index contributed by atoms with van der Waals surface area (Å²) in [5, 5.41) is 4.43. The number of nitrogens with zero attached hydrogens (tertiary/aromatic N) is 3. The summed E-state index contributed by atoms with van der Waals surface area (Å²) in [6.45, 7) is 0. The van der Waals surface area contributed by atoms with Crippen LogP contribution >= 0.6 is 0 Å². The third-order valence-corrected chi connectivity index (χ3v) is 3.69. The monoisotopic (exact) mass is 281 g/mol. The Bertz CT molecular complexity index is 580. The van der Waals surface area contributed by atoms with Crippen molar-refractivity contribution in [3.05, 3.63) is 41.9 Å². The Hall–Kier alpha value is -1.85. The maximum absolute atomic E-state index is 12.5. The molecule has 106 valence electrons. The lowest BCUT2D eigenvalue weighted by Crippen LogP contribution is -2.07. The quantitative estimate of drug-likeness (QED) is 0.834. The predicted octanol–water partition coefficient (Wildman–Crippen LogP) is 3.94. The van der Waals surface area contributed by atoms with E-state index in [0.717, 1.165) is 30.8 Å². The maximum Gasteiger partial charge on any atom is 0.417 e. The van der Waals surface area contributed by atoms with Crippen molar-refractivity contribution in [3.63, 3.8) is 0 Å². The smallest absolute Gasteiger partial charge is 0.237 e. The molecule has 2 aromatic rings. The fraction of sp³-hybridized carbons (Fsp3) is 0.429. The zero-order valence-corrected chi connectivity index (χ0v) is 10.8. The summed E-state index contributed by atoms with van der Waals surface area (Å²) in [7, 11) is 0. The van der Waals surface area contributed by atoms with Gasteiger partial charge in [-0.3, -0.25) is 0 Å². The van der Waals surface area contributed by atoms with Crippen LogP contribution in [0.25, 0.3) is 5.82 Å². The van der Waals surface area contributed by atoms with Crippen LogP contribution in [0.5, 0.6) is 0 Å². The number of halogens is 3. The van der Waals surface area contributed by atoms with Gasteiger partial charge >= 0.3 is 6.18 Å². The first-order valence-corrected chi connectivity index (χ1v) is 6.63. The summed E-state index contributed by atoms with van der Waals surface area (Å²) in [5.74, 6) is 0.882. The molecule has 1 fully saturated rings. The molecule has 0 aliphatic heterocycles. The Kier molecular flexibility index (Phi) is 3.23. The van der Waals surface area contributed by atoms with E-state index in [1.165, 1.54) is 23.6 Å². The van der Waals surface area contributed by atoms with Crippen molar-refractivity contribution < 1.29 is 13.2 Å². The summed E-state index contributed by atoms with van der Waals surface area (Å²) in [6.07, 6.45) is 2.95. The van der Waals surface area contributed by atoms with E-state index in [4.69, 9.17) is 0 Å². The minimum atomic E-state index is -4.36. The van der Waals surface area contributed by atoms with Gasteiger partial charge in [-0.2, -0.15) is 18.3 Å². The molecule has 1 saturated carbocycles. The van der Waals surface area contributed by atoms with Gasteiger partial charge in [-0.25, -0.2) is 9.67 Å². The zero-order chi connectivity index (χ0) is 14.2. The molecule has 2 heterocycles. The highest BCUT2D eigenvalue weighted by Crippen LogP contribution is 2.33. The third-order valence-electron chi connectivity index (χ3n) is 3.69. The van der Waals surface area contributed by atoms with Crippen LogP contribution in [0, 0.1) is 0 Å². The van der Waals surface area contributed by atoms with Gasteiger partial charge in [-0.05, 0) is 31.0 Å². The van der Waals surface area contributed by atoms with Crippen molar-refractivity contribution in [2.75, 3.05) is 0 Å². The molecule has 1 aliphatic rings. The molecule has 0 radical (unpaired) electrons. The van der Waals surface area contributed by atoms with E-state index in [9.17, 15) is 13.2 Å². The Morgan fingerprint density at radius 3 is 2.45 bits per heavy atom. The van der Waals surface area contributed by atoms with Gasteiger partial charge in [0.2, 0.25) is 0 Å². The lowest BCUT2D eigenvalue weighted by atomic mass is 10.1. The van der Waals surface area contributed by atoms with E-state index in [2.05, 4.69) is 10.1 Å². The molecule has 3 rings (SSSR count). The second-order valence-corrected chi connectivity index (χ2v) is 5.07. The first-order valence-electron chi connectivity index (χ1n) is 6.63. The molecule has 6 heteroatoms. The van der Waals surface area contributed by atoms with Gasteiger partial charge < -0.3 is 0 Å². The molecule has 0 unspecified atom stereocenters. The van der Waals surface area contributed by atoms with E-state index >= 15 is 0 Å². The molecule has 0 spiro atoms. The standard InChI is InChI=1S/C14H14F3N3/c15-14(16,17)11-5-6-13(18-9-11)20-8-7-12(19-20)10-3-1-2-4-10/h5-10H,1-4H2. The van der Waals surface area contributed by atoms with Crippen LogP contribution in [0.2, 0.25) is 0 Å².